The summed E-state index contributed by atoms with van der Waals surface area (Å²) in [5, 5.41) is 5.51. The normalized spacial score (nSPS) is 14.8. The molecule has 0 N–H and O–H groups in total. The predicted molar refractivity (Wildman–Crippen MR) is 104 cm³/mol. The SMILES string of the molecule is CSc1cc(N2CCCC2)nc(/C=C/c2nc3c(C)ncc(C)n3n2)n1. The summed E-state index contributed by atoms with van der Waals surface area (Å²) >= 11 is 1.63. The van der Waals surface area contributed by atoms with Gasteiger partial charge in [0.15, 0.2) is 17.3 Å². The Balaban J connectivity index is 1.67. The Morgan fingerprint density at radius 1 is 1.04 bits per heavy atom. The third-order valence-electron chi connectivity index (χ3n) is 4.45. The second-order valence-electron chi connectivity index (χ2n) is 6.34. The number of hydrogen-bond donors (Lipinski definition) is 0. The Labute approximate surface area is 156 Å². The molecular formula is C18H21N7S. The summed E-state index contributed by atoms with van der Waals surface area (Å²) in [7, 11) is 0. The zero-order valence-corrected chi connectivity index (χ0v) is 16.0. The van der Waals surface area contributed by atoms with Crippen LogP contribution in [0.2, 0.25) is 0 Å². The summed E-state index contributed by atoms with van der Waals surface area (Å²) < 4.78 is 1.82. The third-order valence-corrected chi connectivity index (χ3v) is 5.08. The fraction of sp³-hybridized carbons (Fsp3) is 0.389. The van der Waals surface area contributed by atoms with Gasteiger partial charge in [-0.1, -0.05) is 0 Å². The quantitative estimate of drug-likeness (QED) is 0.518. The number of anilines is 1. The zero-order valence-electron chi connectivity index (χ0n) is 15.2. The van der Waals surface area contributed by atoms with E-state index in [2.05, 4.69) is 31.0 Å². The summed E-state index contributed by atoms with van der Waals surface area (Å²) in [6.45, 7) is 6.03. The molecule has 4 heterocycles. The second-order valence-corrected chi connectivity index (χ2v) is 7.17. The minimum atomic E-state index is 0.630. The molecule has 0 saturated carbocycles. The summed E-state index contributed by atoms with van der Waals surface area (Å²) in [6, 6.07) is 2.06. The summed E-state index contributed by atoms with van der Waals surface area (Å²) in [5.74, 6) is 2.31. The summed E-state index contributed by atoms with van der Waals surface area (Å²) in [4.78, 5) is 20.5. The molecule has 0 atom stereocenters. The Morgan fingerprint density at radius 3 is 2.54 bits per heavy atom. The highest BCUT2D eigenvalue weighted by atomic mass is 32.2. The minimum absolute atomic E-state index is 0.630. The summed E-state index contributed by atoms with van der Waals surface area (Å²) in [6.07, 6.45) is 10.0. The lowest BCUT2D eigenvalue weighted by Gasteiger charge is -2.17. The highest BCUT2D eigenvalue weighted by molar-refractivity contribution is 7.98. The van der Waals surface area contributed by atoms with E-state index in [-0.39, 0.29) is 0 Å². The van der Waals surface area contributed by atoms with E-state index in [1.807, 2.05) is 36.8 Å². The topological polar surface area (TPSA) is 72.1 Å². The molecule has 0 aliphatic carbocycles. The molecule has 0 aromatic carbocycles. The third kappa shape index (κ3) is 3.29. The van der Waals surface area contributed by atoms with Gasteiger partial charge in [-0.15, -0.1) is 16.9 Å². The van der Waals surface area contributed by atoms with Gasteiger partial charge in [-0.3, -0.25) is 4.98 Å². The molecular weight excluding hydrogens is 346 g/mol. The Hall–Kier alpha value is -2.48. The number of rotatable bonds is 4. The van der Waals surface area contributed by atoms with E-state index in [9.17, 15) is 0 Å². The van der Waals surface area contributed by atoms with E-state index in [1.165, 1.54) is 12.8 Å². The van der Waals surface area contributed by atoms with Crippen molar-refractivity contribution < 1.29 is 0 Å². The van der Waals surface area contributed by atoms with Crippen LogP contribution >= 0.6 is 11.8 Å². The predicted octanol–water partition coefficient (Wildman–Crippen LogP) is 3.02. The lowest BCUT2D eigenvalue weighted by Crippen LogP contribution is -2.19. The molecule has 1 aliphatic heterocycles. The molecule has 0 bridgehead atoms. The van der Waals surface area contributed by atoms with Crippen LogP contribution in [0.3, 0.4) is 0 Å². The van der Waals surface area contributed by atoms with E-state index in [1.54, 1.807) is 18.0 Å². The van der Waals surface area contributed by atoms with Crippen LogP contribution in [0, 0.1) is 13.8 Å². The average Bonchev–Trinajstić information content (AvgIpc) is 3.33. The first-order valence-corrected chi connectivity index (χ1v) is 9.91. The van der Waals surface area contributed by atoms with Crippen molar-refractivity contribution in [2.45, 2.75) is 31.7 Å². The van der Waals surface area contributed by atoms with E-state index in [4.69, 9.17) is 4.98 Å². The van der Waals surface area contributed by atoms with Gasteiger partial charge in [0.2, 0.25) is 0 Å². The van der Waals surface area contributed by atoms with Crippen LogP contribution in [-0.4, -0.2) is 48.9 Å². The second kappa shape index (κ2) is 7.03. The van der Waals surface area contributed by atoms with Gasteiger partial charge in [-0.25, -0.2) is 19.5 Å². The molecule has 0 radical (unpaired) electrons. The zero-order chi connectivity index (χ0) is 18.1. The first-order valence-electron chi connectivity index (χ1n) is 8.69. The molecule has 7 nitrogen and oxygen atoms in total. The van der Waals surface area contributed by atoms with Crippen molar-refractivity contribution in [3.05, 3.63) is 35.3 Å². The molecule has 0 unspecified atom stereocenters. The van der Waals surface area contributed by atoms with Crippen molar-refractivity contribution in [1.29, 1.82) is 0 Å². The maximum Gasteiger partial charge on any atom is 0.177 e. The number of thioether (sulfide) groups is 1. The molecule has 0 spiro atoms. The molecule has 1 fully saturated rings. The summed E-state index contributed by atoms with van der Waals surface area (Å²) in [5.41, 5.74) is 2.59. The van der Waals surface area contributed by atoms with Gasteiger partial charge in [-0.05, 0) is 45.1 Å². The lowest BCUT2D eigenvalue weighted by atomic mass is 10.4. The van der Waals surface area contributed by atoms with Gasteiger partial charge >= 0.3 is 0 Å². The Bertz CT molecular complexity index is 934. The van der Waals surface area contributed by atoms with Crippen LogP contribution < -0.4 is 4.90 Å². The fourth-order valence-electron chi connectivity index (χ4n) is 3.05. The minimum Gasteiger partial charge on any atom is -0.356 e. The van der Waals surface area contributed by atoms with Crippen molar-refractivity contribution in [1.82, 2.24) is 29.5 Å². The van der Waals surface area contributed by atoms with Crippen LogP contribution in [0.15, 0.2) is 17.3 Å². The van der Waals surface area contributed by atoms with Crippen LogP contribution in [0.5, 0.6) is 0 Å². The largest absolute Gasteiger partial charge is 0.356 e. The maximum atomic E-state index is 4.71. The fourth-order valence-corrected chi connectivity index (χ4v) is 3.46. The highest BCUT2D eigenvalue weighted by Gasteiger charge is 2.15. The molecule has 3 aromatic rings. The van der Waals surface area contributed by atoms with Gasteiger partial charge in [0.05, 0.1) is 11.4 Å². The van der Waals surface area contributed by atoms with Crippen LogP contribution in [0.25, 0.3) is 17.8 Å². The van der Waals surface area contributed by atoms with Crippen molar-refractivity contribution in [2.24, 2.45) is 0 Å². The van der Waals surface area contributed by atoms with Crippen molar-refractivity contribution >= 4 is 35.4 Å². The lowest BCUT2D eigenvalue weighted by molar-refractivity contribution is 0.884. The van der Waals surface area contributed by atoms with E-state index >= 15 is 0 Å². The number of aryl methyl sites for hydroxylation is 2. The van der Waals surface area contributed by atoms with E-state index < -0.39 is 0 Å². The molecule has 134 valence electrons. The first kappa shape index (κ1) is 17.0. The number of hydrogen-bond acceptors (Lipinski definition) is 7. The van der Waals surface area contributed by atoms with Crippen LogP contribution in [0.4, 0.5) is 5.82 Å². The van der Waals surface area contributed by atoms with E-state index in [0.717, 1.165) is 41.0 Å². The monoisotopic (exact) mass is 367 g/mol. The van der Waals surface area contributed by atoms with Gasteiger partial charge < -0.3 is 4.90 Å². The van der Waals surface area contributed by atoms with Gasteiger partial charge in [0.1, 0.15) is 10.8 Å². The van der Waals surface area contributed by atoms with Gasteiger partial charge in [0, 0.05) is 25.4 Å². The maximum absolute atomic E-state index is 4.71. The molecule has 4 rings (SSSR count). The van der Waals surface area contributed by atoms with Crippen LogP contribution in [0.1, 0.15) is 35.9 Å². The average molecular weight is 367 g/mol. The van der Waals surface area contributed by atoms with Crippen molar-refractivity contribution in [3.63, 3.8) is 0 Å². The van der Waals surface area contributed by atoms with E-state index in [0.29, 0.717) is 11.6 Å². The molecule has 1 saturated heterocycles. The first-order chi connectivity index (χ1) is 12.6. The van der Waals surface area contributed by atoms with Crippen molar-refractivity contribution in [2.75, 3.05) is 24.2 Å². The highest BCUT2D eigenvalue weighted by Crippen LogP contribution is 2.23. The molecule has 3 aromatic heterocycles. The van der Waals surface area contributed by atoms with Crippen LogP contribution in [-0.2, 0) is 0 Å². The molecule has 0 amide bonds. The molecule has 26 heavy (non-hydrogen) atoms. The van der Waals surface area contributed by atoms with Gasteiger partial charge in [0.25, 0.3) is 0 Å². The number of nitrogens with zero attached hydrogens (tertiary/aromatic N) is 7. The smallest absolute Gasteiger partial charge is 0.177 e. The van der Waals surface area contributed by atoms with Gasteiger partial charge in [-0.2, -0.15) is 0 Å². The number of fused-ring (bicyclic) bond motifs is 1. The molecule has 8 heteroatoms. The standard InChI is InChI=1S/C18H21N7S/c1-12-11-19-13(2)18-22-15(23-25(12)18)7-6-14-20-16(10-17(21-14)26-3)24-8-4-5-9-24/h6-7,10-11H,4-5,8-9H2,1-3H3/b7-6+. The number of aromatic nitrogens is 6. The Morgan fingerprint density at radius 2 is 1.81 bits per heavy atom. The molecule has 1 aliphatic rings. The van der Waals surface area contributed by atoms with Crippen molar-refractivity contribution in [3.8, 4) is 0 Å². The Kier molecular flexibility index (Phi) is 4.58.